The van der Waals surface area contributed by atoms with Crippen molar-refractivity contribution >= 4 is 11.8 Å². The first kappa shape index (κ1) is 21.0. The average molecular weight is 429 g/mol. The summed E-state index contributed by atoms with van der Waals surface area (Å²) >= 11 is 0. The standard InChI is InChI=1S/C24H36N4O3/c1-17-7-21(26-31-17)16-27-3-2-4-28(6-5-27)23(30)15-25-22(29)14-24-11-18-8-19(12-24)10-20(9-18)13-24/h7,18-20H,2-6,8-16H2,1H3,(H,25,29). The number of carbonyl (C=O) groups is 2. The molecule has 170 valence electrons. The first-order chi connectivity index (χ1) is 15.0. The Balaban J connectivity index is 1.07. The number of aryl methyl sites for hydroxylation is 1. The number of carbonyl (C=O) groups excluding carboxylic acids is 2. The molecule has 1 saturated heterocycles. The third-order valence-corrected chi connectivity index (χ3v) is 8.14. The zero-order valence-corrected chi connectivity index (χ0v) is 18.8. The SMILES string of the molecule is Cc1cc(CN2CCCN(C(=O)CNC(=O)CC34CC5CC(CC(C5)C3)C4)CC2)no1. The second-order valence-corrected chi connectivity index (χ2v) is 10.8. The molecule has 7 heteroatoms. The van der Waals surface area contributed by atoms with E-state index in [0.717, 1.165) is 61.8 Å². The highest BCUT2D eigenvalue weighted by atomic mass is 16.5. The summed E-state index contributed by atoms with van der Waals surface area (Å²) in [6.07, 6.45) is 9.41. The second kappa shape index (κ2) is 8.57. The van der Waals surface area contributed by atoms with Crippen LogP contribution in [-0.2, 0) is 16.1 Å². The van der Waals surface area contributed by atoms with Crippen LogP contribution >= 0.6 is 0 Å². The maximum Gasteiger partial charge on any atom is 0.242 e. The van der Waals surface area contributed by atoms with E-state index in [1.807, 2.05) is 17.9 Å². The van der Waals surface area contributed by atoms with Crippen molar-refractivity contribution in [3.05, 3.63) is 17.5 Å². The van der Waals surface area contributed by atoms with Gasteiger partial charge in [-0.15, -0.1) is 0 Å². The molecule has 0 atom stereocenters. The van der Waals surface area contributed by atoms with Gasteiger partial charge in [-0.1, -0.05) is 5.16 Å². The Labute approximate surface area is 184 Å². The monoisotopic (exact) mass is 428 g/mol. The number of aromatic nitrogens is 1. The highest BCUT2D eigenvalue weighted by Crippen LogP contribution is 2.61. The van der Waals surface area contributed by atoms with E-state index in [4.69, 9.17) is 4.52 Å². The summed E-state index contributed by atoms with van der Waals surface area (Å²) in [5.74, 6) is 3.49. The van der Waals surface area contributed by atoms with Gasteiger partial charge in [0.15, 0.2) is 0 Å². The highest BCUT2D eigenvalue weighted by Gasteiger charge is 2.51. The smallest absolute Gasteiger partial charge is 0.242 e. The fourth-order valence-electron chi connectivity index (χ4n) is 7.30. The van der Waals surface area contributed by atoms with Gasteiger partial charge in [-0.3, -0.25) is 14.5 Å². The molecule has 1 N–H and O–H groups in total. The van der Waals surface area contributed by atoms with Gasteiger partial charge in [0.2, 0.25) is 11.8 Å². The predicted molar refractivity (Wildman–Crippen MR) is 116 cm³/mol. The van der Waals surface area contributed by atoms with Crippen LogP contribution < -0.4 is 5.32 Å². The van der Waals surface area contributed by atoms with Crippen molar-refractivity contribution in [3.8, 4) is 0 Å². The number of nitrogens with one attached hydrogen (secondary N) is 1. The van der Waals surface area contributed by atoms with Gasteiger partial charge in [0, 0.05) is 45.2 Å². The van der Waals surface area contributed by atoms with Crippen molar-refractivity contribution in [1.82, 2.24) is 20.3 Å². The van der Waals surface area contributed by atoms with Crippen molar-refractivity contribution in [3.63, 3.8) is 0 Å². The van der Waals surface area contributed by atoms with Gasteiger partial charge in [0.25, 0.3) is 0 Å². The molecule has 1 aliphatic heterocycles. The molecule has 4 aliphatic carbocycles. The fourth-order valence-corrected chi connectivity index (χ4v) is 7.30. The summed E-state index contributed by atoms with van der Waals surface area (Å²) in [6.45, 7) is 5.98. The maximum atomic E-state index is 12.8. The molecule has 7 nitrogen and oxygen atoms in total. The molecule has 1 aromatic rings. The third kappa shape index (κ3) is 4.81. The summed E-state index contributed by atoms with van der Waals surface area (Å²) in [6, 6.07) is 1.97. The van der Waals surface area contributed by atoms with Crippen molar-refractivity contribution in [1.29, 1.82) is 0 Å². The van der Waals surface area contributed by atoms with Crippen LogP contribution in [0.15, 0.2) is 10.6 Å². The molecule has 5 aliphatic rings. The van der Waals surface area contributed by atoms with Gasteiger partial charge in [-0.05, 0) is 75.0 Å². The Hall–Kier alpha value is -1.89. The predicted octanol–water partition coefficient (Wildman–Crippen LogP) is 2.74. The molecule has 6 rings (SSSR count). The lowest BCUT2D eigenvalue weighted by Crippen LogP contribution is -2.49. The van der Waals surface area contributed by atoms with Crippen LogP contribution in [0, 0.1) is 30.1 Å². The maximum absolute atomic E-state index is 12.8. The van der Waals surface area contributed by atoms with Crippen LogP contribution in [-0.4, -0.2) is 59.5 Å². The Morgan fingerprint density at radius 3 is 2.45 bits per heavy atom. The largest absolute Gasteiger partial charge is 0.361 e. The molecule has 0 unspecified atom stereocenters. The quantitative estimate of drug-likeness (QED) is 0.754. The second-order valence-electron chi connectivity index (χ2n) is 10.8. The van der Waals surface area contributed by atoms with Gasteiger partial charge >= 0.3 is 0 Å². The molecule has 2 heterocycles. The summed E-state index contributed by atoms with van der Waals surface area (Å²) in [4.78, 5) is 29.7. The number of nitrogens with zero attached hydrogens (tertiary/aromatic N) is 3. The summed E-state index contributed by atoms with van der Waals surface area (Å²) in [5, 5.41) is 7.04. The van der Waals surface area contributed by atoms with Gasteiger partial charge in [-0.25, -0.2) is 0 Å². The molecule has 0 radical (unpaired) electrons. The first-order valence-corrected chi connectivity index (χ1v) is 12.2. The lowest BCUT2D eigenvalue weighted by molar-refractivity contribution is -0.135. The molecular weight excluding hydrogens is 392 g/mol. The van der Waals surface area contributed by atoms with Crippen LogP contribution in [0.25, 0.3) is 0 Å². The van der Waals surface area contributed by atoms with E-state index < -0.39 is 0 Å². The van der Waals surface area contributed by atoms with Crippen LogP contribution in [0.5, 0.6) is 0 Å². The summed E-state index contributed by atoms with van der Waals surface area (Å²) in [7, 11) is 0. The zero-order chi connectivity index (χ0) is 21.4. The lowest BCUT2D eigenvalue weighted by Gasteiger charge is -2.56. The number of hydrogen-bond acceptors (Lipinski definition) is 5. The number of amides is 2. The van der Waals surface area contributed by atoms with Crippen LogP contribution in [0.2, 0.25) is 0 Å². The molecule has 1 aromatic heterocycles. The Bertz CT molecular complexity index is 784. The molecule has 2 amide bonds. The molecule has 0 aromatic carbocycles. The van der Waals surface area contributed by atoms with Crippen molar-refractivity contribution in [2.75, 3.05) is 32.7 Å². The van der Waals surface area contributed by atoms with E-state index in [1.165, 1.54) is 38.5 Å². The van der Waals surface area contributed by atoms with Crippen molar-refractivity contribution in [2.45, 2.75) is 64.8 Å². The molecular formula is C24H36N4O3. The normalized spacial score (nSPS) is 32.8. The number of rotatable bonds is 6. The number of hydrogen-bond donors (Lipinski definition) is 1. The van der Waals surface area contributed by atoms with Crippen molar-refractivity contribution < 1.29 is 14.1 Å². The van der Waals surface area contributed by atoms with Gasteiger partial charge in [0.05, 0.1) is 12.2 Å². The van der Waals surface area contributed by atoms with Crippen LogP contribution in [0.1, 0.15) is 62.8 Å². The topological polar surface area (TPSA) is 78.7 Å². The lowest BCUT2D eigenvalue weighted by atomic mass is 9.49. The Morgan fingerprint density at radius 1 is 1.10 bits per heavy atom. The minimum Gasteiger partial charge on any atom is -0.361 e. The molecule has 4 saturated carbocycles. The summed E-state index contributed by atoms with van der Waals surface area (Å²) in [5.41, 5.74) is 1.17. The molecule has 4 bridgehead atoms. The van der Waals surface area contributed by atoms with E-state index in [-0.39, 0.29) is 23.8 Å². The minimum absolute atomic E-state index is 0.0398. The Morgan fingerprint density at radius 2 is 1.81 bits per heavy atom. The van der Waals surface area contributed by atoms with E-state index >= 15 is 0 Å². The third-order valence-electron chi connectivity index (χ3n) is 8.14. The molecule has 0 spiro atoms. The summed E-state index contributed by atoms with van der Waals surface area (Å²) < 4.78 is 5.16. The molecule has 5 fully saturated rings. The van der Waals surface area contributed by atoms with E-state index in [2.05, 4.69) is 15.4 Å². The van der Waals surface area contributed by atoms with E-state index in [9.17, 15) is 9.59 Å². The molecule has 31 heavy (non-hydrogen) atoms. The van der Waals surface area contributed by atoms with Crippen molar-refractivity contribution in [2.24, 2.45) is 23.2 Å². The van der Waals surface area contributed by atoms with E-state index in [0.29, 0.717) is 13.0 Å². The van der Waals surface area contributed by atoms with Gasteiger partial charge in [-0.2, -0.15) is 0 Å². The van der Waals surface area contributed by atoms with Gasteiger partial charge < -0.3 is 14.7 Å². The minimum atomic E-state index is 0.0398. The average Bonchev–Trinajstić information content (AvgIpc) is 2.97. The van der Waals surface area contributed by atoms with Gasteiger partial charge in [0.1, 0.15) is 5.76 Å². The van der Waals surface area contributed by atoms with Crippen LogP contribution in [0.4, 0.5) is 0 Å². The first-order valence-electron chi connectivity index (χ1n) is 12.2. The highest BCUT2D eigenvalue weighted by molar-refractivity contribution is 5.85. The zero-order valence-electron chi connectivity index (χ0n) is 18.8. The Kier molecular flexibility index (Phi) is 5.80. The fraction of sp³-hybridized carbons (Fsp3) is 0.792. The van der Waals surface area contributed by atoms with E-state index in [1.54, 1.807) is 0 Å². The van der Waals surface area contributed by atoms with Crippen LogP contribution in [0.3, 0.4) is 0 Å².